The van der Waals surface area contributed by atoms with Crippen molar-refractivity contribution < 1.29 is 22.7 Å². The van der Waals surface area contributed by atoms with Gasteiger partial charge in [-0.15, -0.1) is 0 Å². The van der Waals surface area contributed by atoms with Gasteiger partial charge < -0.3 is 14.4 Å². The Hall–Kier alpha value is -2.49. The maximum atomic E-state index is 12.7. The quantitative estimate of drug-likeness (QED) is 0.575. The van der Waals surface area contributed by atoms with Crippen LogP contribution in [-0.4, -0.2) is 76.0 Å². The molecule has 0 unspecified atom stereocenters. The highest BCUT2D eigenvalue weighted by atomic mass is 35.5. The topological polar surface area (TPSA) is 79.4 Å². The number of piperazine rings is 1. The fraction of sp³-hybridized carbons (Fsp3) is 0.435. The van der Waals surface area contributed by atoms with Crippen LogP contribution >= 0.6 is 11.6 Å². The van der Waals surface area contributed by atoms with Crippen LogP contribution in [-0.2, 0) is 10.0 Å². The van der Waals surface area contributed by atoms with Gasteiger partial charge in [0.2, 0.25) is 0 Å². The molecule has 0 spiro atoms. The van der Waals surface area contributed by atoms with Crippen molar-refractivity contribution in [3.63, 3.8) is 0 Å². The maximum absolute atomic E-state index is 12.7. The number of nitrogens with zero attached hydrogens (tertiary/aromatic N) is 3. The molecule has 2 aromatic carbocycles. The molecule has 5 rings (SSSR count). The maximum Gasteiger partial charge on any atom is 0.269 e. The highest BCUT2D eigenvalue weighted by Gasteiger charge is 2.40. The number of halogens is 1. The number of carbonyl (C=O) groups is 1. The first kappa shape index (κ1) is 22.3. The van der Waals surface area contributed by atoms with E-state index in [0.29, 0.717) is 24.7 Å². The lowest BCUT2D eigenvalue weighted by Crippen LogP contribution is -2.47. The molecule has 0 radical (unpaired) electrons. The standard InChI is InChI=1S/C23H26ClN3O5S/c24-18-7-8-19-22(32-16-15-31-19)21(18)26-13-11-25(12-14-26)9-3-4-10-27-23(28)17-5-1-2-6-20(17)33(27,29)30/h1-2,5-8H,3-4,9-16H2. The van der Waals surface area contributed by atoms with Crippen LogP contribution in [0, 0.1) is 0 Å². The largest absolute Gasteiger partial charge is 0.486 e. The van der Waals surface area contributed by atoms with Crippen molar-refractivity contribution in [3.05, 3.63) is 47.0 Å². The van der Waals surface area contributed by atoms with E-state index >= 15 is 0 Å². The summed E-state index contributed by atoms with van der Waals surface area (Å²) in [6.45, 7) is 5.48. The molecule has 0 saturated carbocycles. The highest BCUT2D eigenvalue weighted by Crippen LogP contribution is 2.44. The van der Waals surface area contributed by atoms with Gasteiger partial charge in [0.05, 0.1) is 10.6 Å². The van der Waals surface area contributed by atoms with E-state index in [0.717, 1.165) is 60.6 Å². The van der Waals surface area contributed by atoms with Crippen LogP contribution in [0.3, 0.4) is 0 Å². The van der Waals surface area contributed by atoms with Gasteiger partial charge in [-0.05, 0) is 43.7 Å². The highest BCUT2D eigenvalue weighted by molar-refractivity contribution is 7.90. The number of unbranched alkanes of at least 4 members (excludes halogenated alkanes) is 1. The van der Waals surface area contributed by atoms with Crippen LogP contribution in [0.15, 0.2) is 41.3 Å². The molecule has 0 aliphatic carbocycles. The Kier molecular flexibility index (Phi) is 6.11. The minimum atomic E-state index is -3.72. The van der Waals surface area contributed by atoms with Crippen LogP contribution in [0.5, 0.6) is 11.5 Å². The molecule has 1 amide bonds. The first-order valence-corrected chi connectivity index (χ1v) is 13.0. The molecule has 2 aromatic rings. The summed E-state index contributed by atoms with van der Waals surface area (Å²) in [6.07, 6.45) is 1.44. The number of ether oxygens (including phenoxy) is 2. The van der Waals surface area contributed by atoms with Crippen LogP contribution < -0.4 is 14.4 Å². The van der Waals surface area contributed by atoms with Gasteiger partial charge >= 0.3 is 0 Å². The predicted molar refractivity (Wildman–Crippen MR) is 125 cm³/mol. The summed E-state index contributed by atoms with van der Waals surface area (Å²) in [7, 11) is -3.72. The van der Waals surface area contributed by atoms with Crippen molar-refractivity contribution in [1.29, 1.82) is 0 Å². The van der Waals surface area contributed by atoms with Gasteiger partial charge in [0.25, 0.3) is 15.9 Å². The summed E-state index contributed by atoms with van der Waals surface area (Å²) < 4.78 is 37.8. The molecule has 3 aliphatic heterocycles. The van der Waals surface area contributed by atoms with Crippen molar-refractivity contribution in [3.8, 4) is 11.5 Å². The van der Waals surface area contributed by atoms with E-state index in [1.165, 1.54) is 6.07 Å². The lowest BCUT2D eigenvalue weighted by atomic mass is 10.2. The molecular weight excluding hydrogens is 466 g/mol. The molecule has 0 bridgehead atoms. The second kappa shape index (κ2) is 9.04. The van der Waals surface area contributed by atoms with Crippen molar-refractivity contribution in [2.75, 3.05) is 57.4 Å². The Morgan fingerprint density at radius 3 is 2.42 bits per heavy atom. The van der Waals surface area contributed by atoms with Gasteiger partial charge in [-0.3, -0.25) is 9.69 Å². The van der Waals surface area contributed by atoms with Crippen LogP contribution in [0.4, 0.5) is 5.69 Å². The van der Waals surface area contributed by atoms with Crippen molar-refractivity contribution in [1.82, 2.24) is 9.21 Å². The van der Waals surface area contributed by atoms with Gasteiger partial charge in [0, 0.05) is 32.7 Å². The fourth-order valence-corrected chi connectivity index (χ4v) is 6.49. The van der Waals surface area contributed by atoms with E-state index in [1.807, 2.05) is 12.1 Å². The van der Waals surface area contributed by atoms with Crippen molar-refractivity contribution >= 4 is 33.2 Å². The number of hydrogen-bond acceptors (Lipinski definition) is 7. The molecule has 10 heteroatoms. The third kappa shape index (κ3) is 4.13. The monoisotopic (exact) mass is 491 g/mol. The molecule has 0 N–H and O–H groups in total. The zero-order valence-electron chi connectivity index (χ0n) is 18.2. The third-order valence-electron chi connectivity index (χ3n) is 6.32. The number of carbonyl (C=O) groups excluding carboxylic acids is 1. The number of fused-ring (bicyclic) bond motifs is 2. The van der Waals surface area contributed by atoms with E-state index in [9.17, 15) is 13.2 Å². The van der Waals surface area contributed by atoms with Gasteiger partial charge in [-0.1, -0.05) is 23.7 Å². The summed E-state index contributed by atoms with van der Waals surface area (Å²) >= 11 is 6.49. The van der Waals surface area contributed by atoms with Gasteiger partial charge in [-0.25, -0.2) is 12.7 Å². The summed E-state index contributed by atoms with van der Waals surface area (Å²) in [5.41, 5.74) is 1.16. The van der Waals surface area contributed by atoms with Gasteiger partial charge in [-0.2, -0.15) is 0 Å². The summed E-state index contributed by atoms with van der Waals surface area (Å²) in [5, 5.41) is 0.658. The van der Waals surface area contributed by atoms with Crippen LogP contribution in [0.25, 0.3) is 0 Å². The number of sulfonamides is 1. The SMILES string of the molecule is O=C1c2ccccc2S(=O)(=O)N1CCCCN1CCN(c2c(Cl)ccc3c2OCCO3)CC1. The van der Waals surface area contributed by atoms with E-state index in [4.69, 9.17) is 21.1 Å². The number of hydrogen-bond donors (Lipinski definition) is 0. The molecule has 1 saturated heterocycles. The average Bonchev–Trinajstić information content (AvgIpc) is 3.03. The summed E-state index contributed by atoms with van der Waals surface area (Å²) in [5.74, 6) is 1.03. The summed E-state index contributed by atoms with van der Waals surface area (Å²) in [4.78, 5) is 17.2. The fourth-order valence-electron chi connectivity index (χ4n) is 4.61. The smallest absolute Gasteiger partial charge is 0.269 e. The average molecular weight is 492 g/mol. The molecule has 0 aromatic heterocycles. The lowest BCUT2D eigenvalue weighted by Gasteiger charge is -2.37. The number of amides is 1. The van der Waals surface area contributed by atoms with Gasteiger partial charge in [0.15, 0.2) is 11.5 Å². The van der Waals surface area contributed by atoms with Crippen LogP contribution in [0.1, 0.15) is 23.2 Å². The zero-order valence-corrected chi connectivity index (χ0v) is 19.8. The minimum absolute atomic E-state index is 0.113. The van der Waals surface area contributed by atoms with Crippen LogP contribution in [0.2, 0.25) is 5.02 Å². The first-order valence-electron chi connectivity index (χ1n) is 11.2. The van der Waals surface area contributed by atoms with E-state index in [1.54, 1.807) is 18.2 Å². The lowest BCUT2D eigenvalue weighted by molar-refractivity contribution is 0.0868. The number of benzene rings is 2. The van der Waals surface area contributed by atoms with E-state index in [2.05, 4.69) is 9.80 Å². The minimum Gasteiger partial charge on any atom is -0.486 e. The molecule has 176 valence electrons. The zero-order chi connectivity index (χ0) is 23.0. The third-order valence-corrected chi connectivity index (χ3v) is 8.46. The Bertz CT molecular complexity index is 1160. The van der Waals surface area contributed by atoms with E-state index in [-0.39, 0.29) is 17.0 Å². The molecule has 33 heavy (non-hydrogen) atoms. The van der Waals surface area contributed by atoms with E-state index < -0.39 is 15.9 Å². The number of rotatable bonds is 6. The molecular formula is C23H26ClN3O5S. The molecule has 3 heterocycles. The predicted octanol–water partition coefficient (Wildman–Crippen LogP) is 2.86. The molecule has 1 fully saturated rings. The second-order valence-corrected chi connectivity index (χ2v) is 10.6. The Morgan fingerprint density at radius 1 is 0.909 bits per heavy atom. The van der Waals surface area contributed by atoms with Gasteiger partial charge in [0.1, 0.15) is 23.8 Å². The molecule has 3 aliphatic rings. The number of anilines is 1. The first-order chi connectivity index (χ1) is 16.0. The normalized spacial score (nSPS) is 19.6. The van der Waals surface area contributed by atoms with Crippen molar-refractivity contribution in [2.24, 2.45) is 0 Å². The molecule has 8 nitrogen and oxygen atoms in total. The summed E-state index contributed by atoms with van der Waals surface area (Å²) in [6, 6.07) is 10.1. The Labute approximate surface area is 198 Å². The molecule has 0 atom stereocenters. The Morgan fingerprint density at radius 2 is 1.64 bits per heavy atom. The Balaban J connectivity index is 1.12. The second-order valence-electron chi connectivity index (χ2n) is 8.33. The van der Waals surface area contributed by atoms with Crippen molar-refractivity contribution in [2.45, 2.75) is 17.7 Å².